The second-order valence-corrected chi connectivity index (χ2v) is 2.56. The van der Waals surface area contributed by atoms with Gasteiger partial charge in [-0.15, -0.1) is 6.42 Å². The van der Waals surface area contributed by atoms with Crippen molar-refractivity contribution in [3.05, 3.63) is 42.1 Å². The first-order valence-corrected chi connectivity index (χ1v) is 3.71. The van der Waals surface area contributed by atoms with Crippen LogP contribution in [0.3, 0.4) is 0 Å². The van der Waals surface area contributed by atoms with Gasteiger partial charge in [-0.1, -0.05) is 24.1 Å². The highest BCUT2D eigenvalue weighted by Gasteiger charge is 1.92. The van der Waals surface area contributed by atoms with Crippen molar-refractivity contribution < 1.29 is 0 Å². The minimum Gasteiger partial charge on any atom is -0.255 e. The lowest BCUT2D eigenvalue weighted by Crippen LogP contribution is -1.80. The van der Waals surface area contributed by atoms with Crippen molar-refractivity contribution >= 4 is 10.9 Å². The zero-order valence-electron chi connectivity index (χ0n) is 6.49. The molecule has 1 heteroatoms. The Labute approximate surface area is 71.1 Å². The van der Waals surface area contributed by atoms with Crippen molar-refractivity contribution in [2.75, 3.05) is 0 Å². The fourth-order valence-corrected chi connectivity index (χ4v) is 1.15. The lowest BCUT2D eigenvalue weighted by Gasteiger charge is -1.95. The van der Waals surface area contributed by atoms with Gasteiger partial charge in [-0.05, 0) is 12.1 Å². The minimum atomic E-state index is 0.828. The normalized spacial score (nSPS) is 9.58. The lowest BCUT2D eigenvalue weighted by atomic mass is 10.2. The lowest BCUT2D eigenvalue weighted by molar-refractivity contribution is 1.39. The third-order valence-corrected chi connectivity index (χ3v) is 1.76. The summed E-state index contributed by atoms with van der Waals surface area (Å²) in [6, 6.07) is 9.87. The van der Waals surface area contributed by atoms with Crippen molar-refractivity contribution in [2.24, 2.45) is 0 Å². The van der Waals surface area contributed by atoms with E-state index in [1.807, 2.05) is 30.3 Å². The fraction of sp³-hybridized carbons (Fsp3) is 0. The van der Waals surface area contributed by atoms with E-state index < -0.39 is 0 Å². The Bertz CT molecular complexity index is 452. The number of nitrogens with zero attached hydrogens (tertiary/aromatic N) is 1. The molecule has 0 unspecified atom stereocenters. The molecule has 1 aromatic heterocycles. The Morgan fingerprint density at radius 1 is 1.25 bits per heavy atom. The highest BCUT2D eigenvalue weighted by atomic mass is 14.6. The molecule has 0 amide bonds. The topological polar surface area (TPSA) is 12.9 Å². The standard InChI is InChI=1S/C11H7N/c1-2-9-7-10-5-3-4-6-11(10)12-8-9/h1,3-8H. The van der Waals surface area contributed by atoms with Gasteiger partial charge in [-0.25, -0.2) is 0 Å². The molecular weight excluding hydrogens is 146 g/mol. The van der Waals surface area contributed by atoms with Crippen molar-refractivity contribution in [1.29, 1.82) is 0 Å². The third-order valence-electron chi connectivity index (χ3n) is 1.76. The molecule has 2 rings (SSSR count). The van der Waals surface area contributed by atoms with E-state index in [2.05, 4.69) is 10.9 Å². The summed E-state index contributed by atoms with van der Waals surface area (Å²) in [4.78, 5) is 4.21. The van der Waals surface area contributed by atoms with Gasteiger partial charge in [-0.2, -0.15) is 0 Å². The van der Waals surface area contributed by atoms with Crippen molar-refractivity contribution in [3.63, 3.8) is 0 Å². The summed E-state index contributed by atoms with van der Waals surface area (Å²) >= 11 is 0. The highest BCUT2D eigenvalue weighted by Crippen LogP contribution is 2.11. The SMILES string of the molecule is C#Cc1cnc2ccccc2c1. The van der Waals surface area contributed by atoms with Crippen LogP contribution in [-0.4, -0.2) is 4.98 Å². The molecule has 0 fully saturated rings. The monoisotopic (exact) mass is 153 g/mol. The second kappa shape index (κ2) is 2.67. The van der Waals surface area contributed by atoms with Crippen molar-refractivity contribution in [2.45, 2.75) is 0 Å². The Kier molecular flexibility index (Phi) is 1.53. The van der Waals surface area contributed by atoms with Crippen LogP contribution in [0.5, 0.6) is 0 Å². The molecule has 1 aromatic carbocycles. The first-order chi connectivity index (χ1) is 5.90. The largest absolute Gasteiger partial charge is 0.255 e. The van der Waals surface area contributed by atoms with E-state index in [1.165, 1.54) is 0 Å². The molecule has 0 spiro atoms. The van der Waals surface area contributed by atoms with Crippen LogP contribution in [-0.2, 0) is 0 Å². The molecule has 0 aliphatic rings. The van der Waals surface area contributed by atoms with E-state index in [0.29, 0.717) is 0 Å². The number of fused-ring (bicyclic) bond motifs is 1. The molecule has 0 aliphatic heterocycles. The predicted molar refractivity (Wildman–Crippen MR) is 49.7 cm³/mol. The molecule has 2 aromatic rings. The summed E-state index contributed by atoms with van der Waals surface area (Å²) in [7, 11) is 0. The maximum atomic E-state index is 5.25. The number of hydrogen-bond acceptors (Lipinski definition) is 1. The molecule has 0 radical (unpaired) electrons. The van der Waals surface area contributed by atoms with E-state index in [0.717, 1.165) is 16.5 Å². The average Bonchev–Trinajstić information content (AvgIpc) is 2.17. The number of para-hydroxylation sites is 1. The van der Waals surface area contributed by atoms with E-state index >= 15 is 0 Å². The van der Waals surface area contributed by atoms with Crippen molar-refractivity contribution in [1.82, 2.24) is 4.98 Å². The van der Waals surface area contributed by atoms with Crippen LogP contribution >= 0.6 is 0 Å². The first kappa shape index (κ1) is 6.87. The molecule has 0 bridgehead atoms. The Hall–Kier alpha value is -1.81. The van der Waals surface area contributed by atoms with Crippen LogP contribution in [0.25, 0.3) is 10.9 Å². The molecule has 0 atom stereocenters. The zero-order chi connectivity index (χ0) is 8.39. The van der Waals surface area contributed by atoms with Gasteiger partial charge in [0.15, 0.2) is 0 Å². The van der Waals surface area contributed by atoms with Crippen LogP contribution in [0.4, 0.5) is 0 Å². The summed E-state index contributed by atoms with van der Waals surface area (Å²) in [5.41, 5.74) is 1.81. The zero-order valence-corrected chi connectivity index (χ0v) is 6.49. The summed E-state index contributed by atoms with van der Waals surface area (Å²) < 4.78 is 0. The van der Waals surface area contributed by atoms with E-state index in [9.17, 15) is 0 Å². The van der Waals surface area contributed by atoms with Gasteiger partial charge < -0.3 is 0 Å². The van der Waals surface area contributed by atoms with E-state index in [4.69, 9.17) is 6.42 Å². The van der Waals surface area contributed by atoms with Crippen LogP contribution in [0.15, 0.2) is 36.5 Å². The number of benzene rings is 1. The van der Waals surface area contributed by atoms with Crippen molar-refractivity contribution in [3.8, 4) is 12.3 Å². The highest BCUT2D eigenvalue weighted by molar-refractivity contribution is 5.79. The number of aromatic nitrogens is 1. The number of terminal acetylenes is 1. The first-order valence-electron chi connectivity index (χ1n) is 3.71. The molecule has 12 heavy (non-hydrogen) atoms. The average molecular weight is 153 g/mol. The Morgan fingerprint density at radius 2 is 2.08 bits per heavy atom. The van der Waals surface area contributed by atoms with Crippen LogP contribution < -0.4 is 0 Å². The maximum absolute atomic E-state index is 5.25. The van der Waals surface area contributed by atoms with Gasteiger partial charge in [0.1, 0.15) is 0 Å². The number of pyridine rings is 1. The van der Waals surface area contributed by atoms with Gasteiger partial charge in [0.05, 0.1) is 5.52 Å². The molecule has 0 aliphatic carbocycles. The van der Waals surface area contributed by atoms with Gasteiger partial charge in [0.2, 0.25) is 0 Å². The van der Waals surface area contributed by atoms with Crippen LogP contribution in [0.1, 0.15) is 5.56 Å². The number of rotatable bonds is 0. The summed E-state index contributed by atoms with van der Waals surface area (Å²) in [6.45, 7) is 0. The second-order valence-electron chi connectivity index (χ2n) is 2.56. The van der Waals surface area contributed by atoms with Gasteiger partial charge >= 0.3 is 0 Å². The third kappa shape index (κ3) is 1.04. The molecular formula is C11H7N. The minimum absolute atomic E-state index is 0.828. The molecule has 0 saturated carbocycles. The molecule has 1 nitrogen and oxygen atoms in total. The quantitative estimate of drug-likeness (QED) is 0.529. The van der Waals surface area contributed by atoms with E-state index in [-0.39, 0.29) is 0 Å². The van der Waals surface area contributed by atoms with Crippen LogP contribution in [0, 0.1) is 12.3 Å². The maximum Gasteiger partial charge on any atom is 0.0702 e. The molecule has 1 heterocycles. The Morgan fingerprint density at radius 3 is 2.92 bits per heavy atom. The van der Waals surface area contributed by atoms with Gasteiger partial charge in [0, 0.05) is 17.1 Å². The molecule has 0 N–H and O–H groups in total. The van der Waals surface area contributed by atoms with E-state index in [1.54, 1.807) is 6.20 Å². The summed E-state index contributed by atoms with van der Waals surface area (Å²) in [5.74, 6) is 2.56. The summed E-state index contributed by atoms with van der Waals surface area (Å²) in [5, 5.41) is 1.09. The predicted octanol–water partition coefficient (Wildman–Crippen LogP) is 2.22. The molecule has 56 valence electrons. The van der Waals surface area contributed by atoms with Crippen LogP contribution in [0.2, 0.25) is 0 Å². The fourth-order valence-electron chi connectivity index (χ4n) is 1.15. The smallest absolute Gasteiger partial charge is 0.0702 e. The van der Waals surface area contributed by atoms with Gasteiger partial charge in [0.25, 0.3) is 0 Å². The summed E-state index contributed by atoms with van der Waals surface area (Å²) in [6.07, 6.45) is 6.96. The Balaban J connectivity index is 2.78. The number of hydrogen-bond donors (Lipinski definition) is 0. The van der Waals surface area contributed by atoms with Gasteiger partial charge in [-0.3, -0.25) is 4.98 Å². The molecule has 0 saturated heterocycles.